The van der Waals surface area contributed by atoms with Gasteiger partial charge >= 0.3 is 0 Å². The Morgan fingerprint density at radius 3 is 0.723 bits per heavy atom. The molecule has 4 heteroatoms. The molecule has 148 heavy (non-hydrogen) atoms. The molecule has 0 N–H and O–H groups in total. The van der Waals surface area contributed by atoms with E-state index in [0.29, 0.717) is 0 Å². The molecule has 0 amide bonds. The molecule has 2 aromatic heterocycles. The van der Waals surface area contributed by atoms with Crippen molar-refractivity contribution in [2.75, 3.05) is 9.80 Å². The highest BCUT2D eigenvalue weighted by Gasteiger charge is 2.28. The molecule has 2 heterocycles. The van der Waals surface area contributed by atoms with Crippen molar-refractivity contribution in [2.24, 2.45) is 0 Å². The predicted octanol–water partition coefficient (Wildman–Crippen LogP) is 40.1. The minimum atomic E-state index is 1.08. The maximum atomic E-state index is 2.43. The Morgan fingerprint density at radius 1 is 0.115 bits per heavy atom. The highest BCUT2D eigenvalue weighted by Crippen LogP contribution is 2.54. The zero-order valence-electron chi connectivity index (χ0n) is 81.2. The summed E-state index contributed by atoms with van der Waals surface area (Å²) >= 11 is 0. The third kappa shape index (κ3) is 15.6. The van der Waals surface area contributed by atoms with Crippen molar-refractivity contribution < 1.29 is 0 Å². The standard InChI is InChI=1S/2C72H48N2/c1-5-21-49(22-6-1)52-39-45-69-66(47-52)67-48-53(50-23-7-2-8-24-50)40-46-70(67)74(69)56-43-41-55(42-44-56)73(54-27-11-4-12-28-54)68-38-20-35-58-59(68)36-19-37-61(58)72-64-33-17-15-31-62(64)71(63-32-16-18-34-65(63)72)60-30-14-13-29-57(60)51-25-9-3-10-26-51;1-5-20-49(21-6-1)52-26-19-27-55(46-52)71-61-32-15-17-34-63(61)72(64-35-18-16-33-62(64)71)65-42-45-68(60-31-14-13-30-59(60)65)73(56-28-11-4-12-29-56)57-38-40-58(41-39-57)74-69-43-36-53(50-22-7-2-8-23-50)47-66(69)67-48-54(37-44-70(67)74)51-24-9-3-10-25-51/h2*1-48H. The molecule has 0 aliphatic heterocycles. The highest BCUT2D eigenvalue weighted by molar-refractivity contribution is 6.27. The number of para-hydroxylation sites is 2. The van der Waals surface area contributed by atoms with Crippen LogP contribution in [0.1, 0.15) is 0 Å². The molecular formula is C144H96N4. The summed E-state index contributed by atoms with van der Waals surface area (Å²) in [6, 6.07) is 213. The fraction of sp³-hybridized carbons (Fsp3) is 0. The summed E-state index contributed by atoms with van der Waals surface area (Å²) in [5.74, 6) is 0. The van der Waals surface area contributed by atoms with E-state index in [1.54, 1.807) is 0 Å². The molecule has 4 nitrogen and oxygen atoms in total. The molecule has 0 spiro atoms. The molecule has 26 aromatic carbocycles. The van der Waals surface area contributed by atoms with E-state index in [1.165, 1.54) is 220 Å². The second-order valence-electron chi connectivity index (χ2n) is 38.3. The molecule has 0 unspecified atom stereocenters. The van der Waals surface area contributed by atoms with E-state index in [2.05, 4.69) is 601 Å². The number of fused-ring (bicyclic) bond motifs is 12. The largest absolute Gasteiger partial charge is 0.310 e. The Kier molecular flexibility index (Phi) is 22.3. The maximum Gasteiger partial charge on any atom is 0.0541 e. The lowest BCUT2D eigenvalue weighted by atomic mass is 9.83. The van der Waals surface area contributed by atoms with Crippen molar-refractivity contribution in [3.63, 3.8) is 0 Å². The normalized spacial score (nSPS) is 11.5. The van der Waals surface area contributed by atoms with Crippen LogP contribution in [-0.4, -0.2) is 9.13 Å². The minimum Gasteiger partial charge on any atom is -0.310 e. The Bertz CT molecular complexity index is 9610. The third-order valence-corrected chi connectivity index (χ3v) is 29.9. The van der Waals surface area contributed by atoms with Crippen molar-refractivity contribution in [3.8, 4) is 123 Å². The van der Waals surface area contributed by atoms with E-state index in [-0.39, 0.29) is 0 Å². The number of anilines is 6. The first-order chi connectivity index (χ1) is 73.5. The summed E-state index contributed by atoms with van der Waals surface area (Å²) in [6.07, 6.45) is 0. The number of nitrogens with zero attached hydrogens (tertiary/aromatic N) is 4. The average molecular weight is 1880 g/mol. The van der Waals surface area contributed by atoms with Crippen LogP contribution in [-0.2, 0) is 0 Å². The van der Waals surface area contributed by atoms with Crippen LogP contribution in [0.25, 0.3) is 231 Å². The van der Waals surface area contributed by atoms with Crippen LogP contribution >= 0.6 is 0 Å². The second-order valence-corrected chi connectivity index (χ2v) is 38.3. The summed E-state index contributed by atoms with van der Waals surface area (Å²) in [5, 5.41) is 19.6. The van der Waals surface area contributed by atoms with Crippen molar-refractivity contribution in [1.82, 2.24) is 9.13 Å². The van der Waals surface area contributed by atoms with Gasteiger partial charge in [0, 0.05) is 66.4 Å². The first-order valence-corrected chi connectivity index (χ1v) is 51.0. The smallest absolute Gasteiger partial charge is 0.0541 e. The van der Waals surface area contributed by atoms with Gasteiger partial charge in [-0.25, -0.2) is 0 Å². The van der Waals surface area contributed by atoms with Gasteiger partial charge in [-0.3, -0.25) is 0 Å². The van der Waals surface area contributed by atoms with Gasteiger partial charge in [-0.05, 0) is 305 Å². The molecule has 0 atom stereocenters. The Hall–Kier alpha value is -19.5. The lowest BCUT2D eigenvalue weighted by Crippen LogP contribution is -2.10. The summed E-state index contributed by atoms with van der Waals surface area (Å²) in [5.41, 5.74) is 37.9. The Labute approximate surface area is 860 Å². The van der Waals surface area contributed by atoms with E-state index in [1.807, 2.05) is 0 Å². The lowest BCUT2D eigenvalue weighted by Gasteiger charge is -2.28. The second kappa shape index (κ2) is 37.7. The van der Waals surface area contributed by atoms with Crippen molar-refractivity contribution >= 4 is 142 Å². The van der Waals surface area contributed by atoms with Crippen LogP contribution in [0.15, 0.2) is 582 Å². The van der Waals surface area contributed by atoms with Crippen LogP contribution in [0.2, 0.25) is 0 Å². The summed E-state index contributed by atoms with van der Waals surface area (Å²) < 4.78 is 4.85. The van der Waals surface area contributed by atoms with E-state index < -0.39 is 0 Å². The van der Waals surface area contributed by atoms with Crippen molar-refractivity contribution in [2.45, 2.75) is 0 Å². The number of hydrogen-bond donors (Lipinski definition) is 0. The number of rotatable bonds is 18. The number of aromatic nitrogens is 2. The molecule has 0 radical (unpaired) electrons. The third-order valence-electron chi connectivity index (χ3n) is 29.9. The molecule has 0 bridgehead atoms. The van der Waals surface area contributed by atoms with Crippen LogP contribution in [0.3, 0.4) is 0 Å². The molecule has 0 aliphatic carbocycles. The van der Waals surface area contributed by atoms with E-state index in [4.69, 9.17) is 0 Å². The van der Waals surface area contributed by atoms with Crippen molar-refractivity contribution in [1.29, 1.82) is 0 Å². The molecule has 0 fully saturated rings. The molecule has 692 valence electrons. The quantitative estimate of drug-likeness (QED) is 0.0796. The molecule has 0 saturated heterocycles. The number of hydrogen-bond acceptors (Lipinski definition) is 2. The van der Waals surface area contributed by atoms with Gasteiger partial charge in [0.25, 0.3) is 0 Å². The fourth-order valence-electron chi connectivity index (χ4n) is 23.3. The van der Waals surface area contributed by atoms with Gasteiger partial charge in [-0.15, -0.1) is 0 Å². The Morgan fingerprint density at radius 2 is 0.351 bits per heavy atom. The SMILES string of the molecule is c1ccc(-c2ccc3c(c2)c2cc(-c4ccccc4)ccc2n3-c2ccc(N(c3ccccc3)c3cccc4c(-c5c6ccccc6c(-c6ccccc6-c6ccccc6)c6ccccc56)cccc34)cc2)cc1.c1ccc(-c2cccc(-c3c4ccccc4c(-c4ccc(N(c5ccccc5)c5ccc(-n6c7ccc(-c8ccccc8)cc7c7cc(-c8ccccc8)ccc76)cc5)c5ccccc45)c4ccccc34)c2)cc1. The van der Waals surface area contributed by atoms with Crippen LogP contribution in [0.5, 0.6) is 0 Å². The first-order valence-electron chi connectivity index (χ1n) is 51.0. The minimum absolute atomic E-state index is 1.08. The molecule has 0 saturated carbocycles. The van der Waals surface area contributed by atoms with E-state index in [9.17, 15) is 0 Å². The fourth-order valence-corrected chi connectivity index (χ4v) is 23.3. The van der Waals surface area contributed by atoms with Gasteiger partial charge in [0.2, 0.25) is 0 Å². The van der Waals surface area contributed by atoms with E-state index in [0.717, 1.165) is 45.5 Å². The van der Waals surface area contributed by atoms with Crippen LogP contribution in [0, 0.1) is 0 Å². The molecule has 0 aliphatic rings. The van der Waals surface area contributed by atoms with Gasteiger partial charge in [0.15, 0.2) is 0 Å². The monoisotopic (exact) mass is 1880 g/mol. The molecule has 28 aromatic rings. The zero-order valence-corrected chi connectivity index (χ0v) is 81.2. The number of benzene rings is 26. The maximum absolute atomic E-state index is 2.43. The van der Waals surface area contributed by atoms with Crippen LogP contribution < -0.4 is 9.80 Å². The zero-order chi connectivity index (χ0) is 97.9. The van der Waals surface area contributed by atoms with Gasteiger partial charge in [-0.2, -0.15) is 0 Å². The molecular weight excluding hydrogens is 1790 g/mol. The molecule has 28 rings (SSSR count). The Balaban J connectivity index is 0.000000146. The van der Waals surface area contributed by atoms with Crippen molar-refractivity contribution in [3.05, 3.63) is 582 Å². The summed E-state index contributed by atoms with van der Waals surface area (Å²) in [6.45, 7) is 0. The summed E-state index contributed by atoms with van der Waals surface area (Å²) in [4.78, 5) is 4.83. The van der Waals surface area contributed by atoms with Crippen LogP contribution in [0.4, 0.5) is 34.1 Å². The topological polar surface area (TPSA) is 16.3 Å². The summed E-state index contributed by atoms with van der Waals surface area (Å²) in [7, 11) is 0. The van der Waals surface area contributed by atoms with E-state index >= 15 is 0 Å². The average Bonchev–Trinajstić information content (AvgIpc) is 1.56. The predicted molar refractivity (Wildman–Crippen MR) is 630 cm³/mol. The highest BCUT2D eigenvalue weighted by atomic mass is 15.2. The van der Waals surface area contributed by atoms with Gasteiger partial charge in [-0.1, -0.05) is 443 Å². The first kappa shape index (κ1) is 87.5. The van der Waals surface area contributed by atoms with Gasteiger partial charge < -0.3 is 18.9 Å². The van der Waals surface area contributed by atoms with Gasteiger partial charge in [0.1, 0.15) is 0 Å². The van der Waals surface area contributed by atoms with Gasteiger partial charge in [0.05, 0.1) is 33.4 Å². The lowest BCUT2D eigenvalue weighted by molar-refractivity contribution is 1.17.